The highest BCUT2D eigenvalue weighted by molar-refractivity contribution is 5.94. The number of nitrogens with two attached hydrogens (primary N) is 1. The van der Waals surface area contributed by atoms with Crippen LogP contribution in [0.25, 0.3) is 0 Å². The van der Waals surface area contributed by atoms with Crippen LogP contribution in [0, 0.1) is 11.8 Å². The topological polar surface area (TPSA) is 84.2 Å². The Balaban J connectivity index is 1.91. The van der Waals surface area contributed by atoms with Gasteiger partial charge < -0.3 is 16.4 Å². The Labute approximate surface area is 131 Å². The van der Waals surface area contributed by atoms with Crippen LogP contribution in [0.2, 0.25) is 0 Å². The van der Waals surface area contributed by atoms with Crippen LogP contribution in [0.3, 0.4) is 0 Å². The van der Waals surface area contributed by atoms with Crippen LogP contribution in [0.1, 0.15) is 45.2 Å². The first kappa shape index (κ1) is 16.5. The molecule has 0 spiro atoms. The molecule has 4 N–H and O–H groups in total. The average Bonchev–Trinajstić information content (AvgIpc) is 3.31. The Hall–Kier alpha value is -1.88. The van der Waals surface area contributed by atoms with Gasteiger partial charge in [0.2, 0.25) is 11.8 Å². The van der Waals surface area contributed by atoms with Gasteiger partial charge in [-0.1, -0.05) is 19.1 Å². The second-order valence-corrected chi connectivity index (χ2v) is 6.26. The van der Waals surface area contributed by atoms with Crippen molar-refractivity contribution in [2.75, 3.05) is 5.32 Å². The first-order valence-electron chi connectivity index (χ1n) is 7.85. The molecule has 1 aliphatic carbocycles. The number of nitrogens with one attached hydrogen (secondary N) is 2. The average molecular weight is 303 g/mol. The fourth-order valence-electron chi connectivity index (χ4n) is 2.11. The summed E-state index contributed by atoms with van der Waals surface area (Å²) in [6.45, 7) is 5.58. The lowest BCUT2D eigenvalue weighted by atomic mass is 10.0. The van der Waals surface area contributed by atoms with E-state index in [1.54, 1.807) is 0 Å². The monoisotopic (exact) mass is 303 g/mol. The fourth-order valence-corrected chi connectivity index (χ4v) is 2.11. The molecular weight excluding hydrogens is 278 g/mol. The molecule has 0 heterocycles. The Morgan fingerprint density at radius 3 is 2.23 bits per heavy atom. The Morgan fingerprint density at radius 1 is 1.14 bits per heavy atom. The third-order valence-electron chi connectivity index (χ3n) is 4.19. The van der Waals surface area contributed by atoms with E-state index in [-0.39, 0.29) is 35.7 Å². The van der Waals surface area contributed by atoms with E-state index in [1.807, 2.05) is 45.0 Å². The highest BCUT2D eigenvalue weighted by Crippen LogP contribution is 2.30. The van der Waals surface area contributed by atoms with Gasteiger partial charge >= 0.3 is 0 Å². The minimum Gasteiger partial charge on any atom is -0.349 e. The van der Waals surface area contributed by atoms with Gasteiger partial charge in [-0.25, -0.2) is 0 Å². The lowest BCUT2D eigenvalue weighted by Crippen LogP contribution is -2.39. The van der Waals surface area contributed by atoms with Crippen LogP contribution in [-0.2, 0) is 9.59 Å². The quantitative estimate of drug-likeness (QED) is 0.753. The molecule has 120 valence electrons. The molecule has 1 aliphatic rings. The van der Waals surface area contributed by atoms with Gasteiger partial charge in [-0.05, 0) is 44.4 Å². The minimum absolute atomic E-state index is 0.0476. The number of amides is 2. The molecule has 5 nitrogen and oxygen atoms in total. The number of benzene rings is 1. The molecule has 5 heteroatoms. The summed E-state index contributed by atoms with van der Waals surface area (Å²) in [5, 5.41) is 5.86. The molecule has 3 atom stereocenters. The van der Waals surface area contributed by atoms with Gasteiger partial charge in [0.1, 0.15) is 0 Å². The second-order valence-electron chi connectivity index (χ2n) is 6.26. The number of anilines is 1. The summed E-state index contributed by atoms with van der Waals surface area (Å²) >= 11 is 0. The normalized spacial score (nSPS) is 18.2. The molecule has 1 saturated carbocycles. The molecule has 0 saturated heterocycles. The molecule has 1 fully saturated rings. The Kier molecular flexibility index (Phi) is 5.19. The third-order valence-corrected chi connectivity index (χ3v) is 4.19. The van der Waals surface area contributed by atoms with Gasteiger partial charge in [0.25, 0.3) is 0 Å². The summed E-state index contributed by atoms with van der Waals surface area (Å²) in [6.07, 6.45) is 1.98. The number of carbonyl (C=O) groups is 2. The molecule has 2 rings (SSSR count). The van der Waals surface area contributed by atoms with E-state index < -0.39 is 0 Å². The molecule has 1 aromatic rings. The molecule has 0 bridgehead atoms. The lowest BCUT2D eigenvalue weighted by molar-refractivity contribution is -0.125. The maximum absolute atomic E-state index is 12.0. The van der Waals surface area contributed by atoms with Gasteiger partial charge in [-0.15, -0.1) is 0 Å². The largest absolute Gasteiger partial charge is 0.349 e. The molecule has 0 radical (unpaired) electrons. The number of hydrogen-bond donors (Lipinski definition) is 3. The maximum atomic E-state index is 12.0. The second kappa shape index (κ2) is 6.92. The Morgan fingerprint density at radius 2 is 1.73 bits per heavy atom. The van der Waals surface area contributed by atoms with E-state index in [2.05, 4.69) is 10.6 Å². The molecular formula is C17H25N3O2. The van der Waals surface area contributed by atoms with Crippen LogP contribution < -0.4 is 16.4 Å². The van der Waals surface area contributed by atoms with Crippen LogP contribution in [0.5, 0.6) is 0 Å². The van der Waals surface area contributed by atoms with Crippen molar-refractivity contribution in [1.29, 1.82) is 0 Å². The highest BCUT2D eigenvalue weighted by atomic mass is 16.2. The number of rotatable bonds is 6. The van der Waals surface area contributed by atoms with Gasteiger partial charge in [0.15, 0.2) is 0 Å². The summed E-state index contributed by atoms with van der Waals surface area (Å²) in [7, 11) is 0. The predicted octanol–water partition coefficient (Wildman–Crippen LogP) is 2.20. The van der Waals surface area contributed by atoms with Gasteiger partial charge in [-0.2, -0.15) is 0 Å². The zero-order valence-corrected chi connectivity index (χ0v) is 13.4. The molecule has 2 amide bonds. The zero-order valence-electron chi connectivity index (χ0n) is 13.4. The smallest absolute Gasteiger partial charge is 0.227 e. The molecule has 0 aliphatic heterocycles. The van der Waals surface area contributed by atoms with E-state index in [4.69, 9.17) is 5.73 Å². The van der Waals surface area contributed by atoms with Crippen molar-refractivity contribution < 1.29 is 9.59 Å². The van der Waals surface area contributed by atoms with Gasteiger partial charge in [0, 0.05) is 23.6 Å². The molecule has 22 heavy (non-hydrogen) atoms. The van der Waals surface area contributed by atoms with Crippen molar-refractivity contribution in [1.82, 2.24) is 5.32 Å². The van der Waals surface area contributed by atoms with Crippen molar-refractivity contribution in [2.45, 2.75) is 45.7 Å². The number of carbonyl (C=O) groups excluding carboxylic acids is 2. The standard InChI is InChI=1S/C17H25N3O2/c1-10(11(2)18)16(21)19-12(3)13-6-8-15(9-7-13)20-17(22)14-4-5-14/h6-12,14H,4-5,18H2,1-3H3,(H,19,21)(H,20,22). The minimum atomic E-state index is -0.223. The summed E-state index contributed by atoms with van der Waals surface area (Å²) < 4.78 is 0. The van der Waals surface area contributed by atoms with E-state index in [9.17, 15) is 9.59 Å². The Bertz CT molecular complexity index is 535. The number of hydrogen-bond acceptors (Lipinski definition) is 3. The zero-order chi connectivity index (χ0) is 16.3. The molecule has 3 unspecified atom stereocenters. The summed E-state index contributed by atoms with van der Waals surface area (Å²) in [5.41, 5.74) is 7.54. The van der Waals surface area contributed by atoms with Gasteiger partial charge in [0.05, 0.1) is 6.04 Å². The fraction of sp³-hybridized carbons (Fsp3) is 0.529. The van der Waals surface area contributed by atoms with Crippen LogP contribution in [0.4, 0.5) is 5.69 Å². The third kappa shape index (κ3) is 4.31. The molecule has 0 aromatic heterocycles. The summed E-state index contributed by atoms with van der Waals surface area (Å²) in [5.74, 6) is 0.0191. The van der Waals surface area contributed by atoms with Crippen molar-refractivity contribution in [3.05, 3.63) is 29.8 Å². The van der Waals surface area contributed by atoms with Crippen LogP contribution in [0.15, 0.2) is 24.3 Å². The van der Waals surface area contributed by atoms with Crippen molar-refractivity contribution in [2.24, 2.45) is 17.6 Å². The van der Waals surface area contributed by atoms with Crippen molar-refractivity contribution in [3.63, 3.8) is 0 Å². The van der Waals surface area contributed by atoms with Crippen LogP contribution >= 0.6 is 0 Å². The van der Waals surface area contributed by atoms with E-state index in [0.717, 1.165) is 24.1 Å². The van der Waals surface area contributed by atoms with Crippen molar-refractivity contribution >= 4 is 17.5 Å². The molecule has 1 aromatic carbocycles. The summed E-state index contributed by atoms with van der Waals surface area (Å²) in [4.78, 5) is 23.7. The lowest BCUT2D eigenvalue weighted by Gasteiger charge is -2.20. The first-order chi connectivity index (χ1) is 10.4. The van der Waals surface area contributed by atoms with E-state index in [0.29, 0.717) is 0 Å². The van der Waals surface area contributed by atoms with Crippen LogP contribution in [-0.4, -0.2) is 17.9 Å². The van der Waals surface area contributed by atoms with E-state index >= 15 is 0 Å². The summed E-state index contributed by atoms with van der Waals surface area (Å²) in [6, 6.07) is 7.31. The first-order valence-corrected chi connectivity index (χ1v) is 7.85. The van der Waals surface area contributed by atoms with E-state index in [1.165, 1.54) is 0 Å². The van der Waals surface area contributed by atoms with Crippen molar-refractivity contribution in [3.8, 4) is 0 Å². The predicted molar refractivity (Wildman–Crippen MR) is 87.2 cm³/mol. The SMILES string of the molecule is CC(NC(=O)C(C)C(C)N)c1ccc(NC(=O)C2CC2)cc1. The highest BCUT2D eigenvalue weighted by Gasteiger charge is 2.29. The maximum Gasteiger partial charge on any atom is 0.227 e. The van der Waals surface area contributed by atoms with Gasteiger partial charge in [-0.3, -0.25) is 9.59 Å².